The van der Waals surface area contributed by atoms with Crippen molar-refractivity contribution in [2.24, 2.45) is 0 Å². The Balaban J connectivity index is 3.06. The van der Waals surface area contributed by atoms with Crippen molar-refractivity contribution >= 4 is 0 Å². The van der Waals surface area contributed by atoms with Gasteiger partial charge in [0.15, 0.2) is 0 Å². The summed E-state index contributed by atoms with van der Waals surface area (Å²) in [7, 11) is 1.61. The number of methoxy groups -OCH3 is 1. The minimum atomic E-state index is -0.589. The summed E-state index contributed by atoms with van der Waals surface area (Å²) in [6.45, 7) is 6.51. The van der Waals surface area contributed by atoms with Crippen molar-refractivity contribution < 1.29 is 14.9 Å². The number of benzene rings is 1. The maximum Gasteiger partial charge on any atom is 0.124 e. The Morgan fingerprint density at radius 3 is 2.44 bits per heavy atom. The van der Waals surface area contributed by atoms with Crippen LogP contribution >= 0.6 is 0 Å². The van der Waals surface area contributed by atoms with E-state index >= 15 is 0 Å². The van der Waals surface area contributed by atoms with Gasteiger partial charge >= 0.3 is 0 Å². The van der Waals surface area contributed by atoms with Crippen LogP contribution in [-0.2, 0) is 5.41 Å². The minimum Gasteiger partial charge on any atom is -0.496 e. The van der Waals surface area contributed by atoms with Gasteiger partial charge < -0.3 is 14.9 Å². The summed E-state index contributed by atoms with van der Waals surface area (Å²) in [5, 5.41) is 19.0. The first kappa shape index (κ1) is 15.0. The van der Waals surface area contributed by atoms with Crippen LogP contribution in [0, 0.1) is 0 Å². The second-order valence-electron chi connectivity index (χ2n) is 5.59. The van der Waals surface area contributed by atoms with Gasteiger partial charge in [0.05, 0.1) is 13.2 Å². The van der Waals surface area contributed by atoms with E-state index in [0.29, 0.717) is 18.6 Å². The summed E-state index contributed by atoms with van der Waals surface area (Å²) in [6, 6.07) is 5.93. The van der Waals surface area contributed by atoms with Crippen LogP contribution in [0.15, 0.2) is 18.2 Å². The smallest absolute Gasteiger partial charge is 0.124 e. The molecule has 102 valence electrons. The Morgan fingerprint density at radius 2 is 1.94 bits per heavy atom. The van der Waals surface area contributed by atoms with E-state index in [2.05, 4.69) is 20.8 Å². The largest absolute Gasteiger partial charge is 0.496 e. The van der Waals surface area contributed by atoms with Gasteiger partial charge in [-0.15, -0.1) is 0 Å². The highest BCUT2D eigenvalue weighted by Gasteiger charge is 2.19. The lowest BCUT2D eigenvalue weighted by Gasteiger charge is -2.22. The van der Waals surface area contributed by atoms with Crippen LogP contribution in [0.1, 0.15) is 50.8 Å². The van der Waals surface area contributed by atoms with Gasteiger partial charge in [0, 0.05) is 12.2 Å². The molecule has 0 aliphatic rings. The van der Waals surface area contributed by atoms with E-state index < -0.39 is 6.10 Å². The Kier molecular flexibility index (Phi) is 5.17. The summed E-state index contributed by atoms with van der Waals surface area (Å²) >= 11 is 0. The number of aliphatic hydroxyl groups is 2. The fourth-order valence-corrected chi connectivity index (χ4v) is 1.90. The third kappa shape index (κ3) is 3.72. The second kappa shape index (κ2) is 6.21. The van der Waals surface area contributed by atoms with E-state index in [1.165, 1.54) is 5.56 Å². The van der Waals surface area contributed by atoms with Crippen molar-refractivity contribution in [2.45, 2.75) is 45.1 Å². The molecule has 0 bridgehead atoms. The lowest BCUT2D eigenvalue weighted by Crippen LogP contribution is -2.12. The number of hydrogen-bond donors (Lipinski definition) is 2. The minimum absolute atomic E-state index is 0.0394. The molecule has 2 N–H and O–H groups in total. The molecule has 3 nitrogen and oxygen atoms in total. The number of aliphatic hydroxyl groups excluding tert-OH is 2. The van der Waals surface area contributed by atoms with Crippen molar-refractivity contribution in [3.05, 3.63) is 29.3 Å². The Hall–Kier alpha value is -1.06. The van der Waals surface area contributed by atoms with Gasteiger partial charge in [-0.25, -0.2) is 0 Å². The van der Waals surface area contributed by atoms with Gasteiger partial charge in [-0.05, 0) is 36.0 Å². The van der Waals surface area contributed by atoms with Crippen LogP contribution in [0.5, 0.6) is 5.75 Å². The molecule has 0 spiro atoms. The van der Waals surface area contributed by atoms with Crippen molar-refractivity contribution in [1.82, 2.24) is 0 Å². The summed E-state index contributed by atoms with van der Waals surface area (Å²) in [4.78, 5) is 0. The average molecular weight is 252 g/mol. The SMILES string of the molecule is COc1ccc(C(C)(C)C)cc1C(O)CCCO. The molecule has 0 saturated heterocycles. The highest BCUT2D eigenvalue weighted by Crippen LogP contribution is 2.33. The first-order valence-corrected chi connectivity index (χ1v) is 6.37. The van der Waals surface area contributed by atoms with Crippen molar-refractivity contribution in [3.63, 3.8) is 0 Å². The summed E-state index contributed by atoms with van der Waals surface area (Å²) < 4.78 is 5.29. The molecule has 0 aliphatic heterocycles. The van der Waals surface area contributed by atoms with Crippen LogP contribution in [0.25, 0.3) is 0 Å². The van der Waals surface area contributed by atoms with Crippen LogP contribution < -0.4 is 4.74 Å². The Bertz CT molecular complexity index is 380. The van der Waals surface area contributed by atoms with E-state index in [1.807, 2.05) is 18.2 Å². The molecule has 0 aliphatic carbocycles. The van der Waals surface area contributed by atoms with Gasteiger partial charge in [0.2, 0.25) is 0 Å². The highest BCUT2D eigenvalue weighted by molar-refractivity contribution is 5.41. The van der Waals surface area contributed by atoms with Crippen LogP contribution in [0.2, 0.25) is 0 Å². The van der Waals surface area contributed by atoms with Crippen LogP contribution in [0.3, 0.4) is 0 Å². The fourth-order valence-electron chi connectivity index (χ4n) is 1.90. The average Bonchev–Trinajstić information content (AvgIpc) is 2.34. The number of hydrogen-bond acceptors (Lipinski definition) is 3. The zero-order valence-electron chi connectivity index (χ0n) is 11.7. The molecule has 1 atom stereocenters. The van der Waals surface area contributed by atoms with Gasteiger partial charge in [-0.2, -0.15) is 0 Å². The lowest BCUT2D eigenvalue weighted by molar-refractivity contribution is 0.148. The van der Waals surface area contributed by atoms with E-state index in [-0.39, 0.29) is 12.0 Å². The van der Waals surface area contributed by atoms with Gasteiger partial charge in [0.1, 0.15) is 5.75 Å². The third-order valence-electron chi connectivity index (χ3n) is 3.09. The maximum atomic E-state index is 10.2. The number of ether oxygens (including phenoxy) is 1. The molecule has 1 rings (SSSR count). The fraction of sp³-hybridized carbons (Fsp3) is 0.600. The Labute approximate surface area is 109 Å². The van der Waals surface area contributed by atoms with E-state index in [0.717, 1.165) is 5.56 Å². The normalized spacial score (nSPS) is 13.4. The molecule has 0 saturated carbocycles. The quantitative estimate of drug-likeness (QED) is 0.847. The topological polar surface area (TPSA) is 49.7 Å². The number of rotatable bonds is 5. The molecular weight excluding hydrogens is 228 g/mol. The summed E-state index contributed by atoms with van der Waals surface area (Å²) in [5.74, 6) is 0.702. The Morgan fingerprint density at radius 1 is 1.28 bits per heavy atom. The van der Waals surface area contributed by atoms with E-state index in [1.54, 1.807) is 7.11 Å². The summed E-state index contributed by atoms with van der Waals surface area (Å²) in [6.07, 6.45) is 0.541. The molecule has 1 aromatic carbocycles. The molecule has 1 unspecified atom stereocenters. The predicted molar refractivity (Wildman–Crippen MR) is 73.0 cm³/mol. The highest BCUT2D eigenvalue weighted by atomic mass is 16.5. The van der Waals surface area contributed by atoms with E-state index in [9.17, 15) is 5.11 Å². The van der Waals surface area contributed by atoms with Gasteiger partial charge in [-0.3, -0.25) is 0 Å². The molecule has 0 radical (unpaired) electrons. The summed E-state index contributed by atoms with van der Waals surface area (Å²) in [5.41, 5.74) is 2.01. The van der Waals surface area contributed by atoms with Crippen molar-refractivity contribution in [1.29, 1.82) is 0 Å². The van der Waals surface area contributed by atoms with Gasteiger partial charge in [0.25, 0.3) is 0 Å². The van der Waals surface area contributed by atoms with Crippen LogP contribution in [0.4, 0.5) is 0 Å². The molecule has 0 amide bonds. The zero-order chi connectivity index (χ0) is 13.8. The standard InChI is InChI=1S/C15H24O3/c1-15(2,3)11-7-8-14(18-4)12(10-11)13(17)6-5-9-16/h7-8,10,13,16-17H,5-6,9H2,1-4H3. The monoisotopic (exact) mass is 252 g/mol. The third-order valence-corrected chi connectivity index (χ3v) is 3.09. The van der Waals surface area contributed by atoms with Crippen molar-refractivity contribution in [3.8, 4) is 5.75 Å². The first-order chi connectivity index (χ1) is 8.40. The van der Waals surface area contributed by atoms with Crippen LogP contribution in [-0.4, -0.2) is 23.9 Å². The molecule has 0 heterocycles. The molecule has 1 aromatic rings. The molecule has 0 aromatic heterocycles. The van der Waals surface area contributed by atoms with E-state index in [4.69, 9.17) is 9.84 Å². The first-order valence-electron chi connectivity index (χ1n) is 6.37. The predicted octanol–water partition coefficient (Wildman–Crippen LogP) is 2.80. The molecular formula is C15H24O3. The molecule has 0 fully saturated rings. The van der Waals surface area contributed by atoms with Gasteiger partial charge in [-0.1, -0.05) is 26.8 Å². The zero-order valence-corrected chi connectivity index (χ0v) is 11.7. The van der Waals surface area contributed by atoms with Crippen molar-refractivity contribution in [2.75, 3.05) is 13.7 Å². The lowest BCUT2D eigenvalue weighted by atomic mass is 9.85. The molecule has 18 heavy (non-hydrogen) atoms. The maximum absolute atomic E-state index is 10.2. The molecule has 3 heteroatoms. The second-order valence-corrected chi connectivity index (χ2v) is 5.59.